The number of hydrogen-bond donors (Lipinski definition) is 0. The molecule has 8 heteroatoms. The topological polar surface area (TPSA) is 51.7 Å². The molecule has 5 nitrogen and oxygen atoms in total. The van der Waals surface area contributed by atoms with Gasteiger partial charge < -0.3 is 9.16 Å². The highest BCUT2D eigenvalue weighted by Gasteiger charge is 2.45. The first-order valence-electron chi connectivity index (χ1n) is 9.59. The lowest BCUT2D eigenvalue weighted by Gasteiger charge is -2.38. The second-order valence-corrected chi connectivity index (χ2v) is 15.9. The van der Waals surface area contributed by atoms with Crippen molar-refractivity contribution in [2.45, 2.75) is 83.8 Å². The number of carbonyl (C=O) groups is 1. The van der Waals surface area contributed by atoms with Gasteiger partial charge in [0.2, 0.25) is 0 Å². The van der Waals surface area contributed by atoms with Crippen LogP contribution < -0.4 is 0 Å². The van der Waals surface area contributed by atoms with Crippen molar-refractivity contribution in [2.24, 2.45) is 0 Å². The summed E-state index contributed by atoms with van der Waals surface area (Å²) in [5, 5.41) is 0.665. The molecule has 0 saturated carbocycles. The first kappa shape index (κ1) is 23.6. The van der Waals surface area contributed by atoms with Crippen molar-refractivity contribution in [3.63, 3.8) is 0 Å². The van der Waals surface area contributed by atoms with Crippen LogP contribution in [0.4, 0.5) is 4.79 Å². The molecule has 1 unspecified atom stereocenters. The van der Waals surface area contributed by atoms with Gasteiger partial charge in [-0.1, -0.05) is 32.4 Å². The second kappa shape index (κ2) is 8.24. The molecule has 1 amide bonds. The SMILES string of the molecule is CC(C)(C)OC(=O)N1CC(O[Si](C)(C)C(C)(C)C)C[C@H]1c1cncc(Br)c1Cl. The van der Waals surface area contributed by atoms with Gasteiger partial charge in [-0.3, -0.25) is 9.88 Å². The molecule has 2 atom stereocenters. The van der Waals surface area contributed by atoms with Crippen LogP contribution in [-0.2, 0) is 9.16 Å². The number of carbonyl (C=O) groups excluding carboxylic acids is 1. The number of aromatic nitrogens is 1. The molecule has 1 aliphatic rings. The normalized spacial score (nSPS) is 21.1. The van der Waals surface area contributed by atoms with E-state index in [0.29, 0.717) is 22.5 Å². The van der Waals surface area contributed by atoms with E-state index in [1.54, 1.807) is 17.3 Å². The standard InChI is InChI=1S/C20H32BrClN2O3Si/c1-19(2,3)26-18(25)24-12-13(27-28(7,8)20(4,5)6)9-16(24)14-10-23-11-15(21)17(14)22/h10-11,13,16H,9,12H2,1-8H3/t13?,16-/m0/s1. The number of nitrogens with zero attached hydrogens (tertiary/aromatic N) is 2. The Morgan fingerprint density at radius 3 is 2.39 bits per heavy atom. The third-order valence-corrected chi connectivity index (χ3v) is 11.2. The van der Waals surface area contributed by atoms with Crippen molar-refractivity contribution >= 4 is 41.9 Å². The van der Waals surface area contributed by atoms with Crippen LogP contribution >= 0.6 is 27.5 Å². The van der Waals surface area contributed by atoms with Crippen LogP contribution in [-0.4, -0.2) is 42.5 Å². The summed E-state index contributed by atoms with van der Waals surface area (Å²) < 4.78 is 13.0. The molecule has 0 N–H and O–H groups in total. The zero-order valence-corrected chi connectivity index (χ0v) is 21.4. The minimum atomic E-state index is -1.97. The van der Waals surface area contributed by atoms with Crippen LogP contribution in [0.1, 0.15) is 59.6 Å². The maximum Gasteiger partial charge on any atom is 0.410 e. The summed E-state index contributed by atoms with van der Waals surface area (Å²) in [5.74, 6) is 0. The monoisotopic (exact) mass is 490 g/mol. The van der Waals surface area contributed by atoms with Crippen molar-refractivity contribution in [2.75, 3.05) is 6.54 Å². The Labute approximate surface area is 183 Å². The van der Waals surface area contributed by atoms with E-state index in [1.165, 1.54) is 0 Å². The molecule has 0 bridgehead atoms. The number of amides is 1. The first-order chi connectivity index (χ1) is 12.6. The van der Waals surface area contributed by atoms with E-state index in [4.69, 9.17) is 20.8 Å². The van der Waals surface area contributed by atoms with Crippen molar-refractivity contribution in [1.29, 1.82) is 0 Å². The highest BCUT2D eigenvalue weighted by atomic mass is 79.9. The van der Waals surface area contributed by atoms with E-state index in [0.717, 1.165) is 5.56 Å². The summed E-state index contributed by atoms with van der Waals surface area (Å²) >= 11 is 9.97. The number of likely N-dealkylation sites (tertiary alicyclic amines) is 1. The number of rotatable bonds is 3. The van der Waals surface area contributed by atoms with Gasteiger partial charge in [0, 0.05) is 24.5 Å². The second-order valence-electron chi connectivity index (χ2n) is 9.91. The predicted molar refractivity (Wildman–Crippen MR) is 119 cm³/mol. The quantitative estimate of drug-likeness (QED) is 0.449. The number of ether oxygens (including phenoxy) is 1. The van der Waals surface area contributed by atoms with E-state index in [2.05, 4.69) is 54.8 Å². The largest absolute Gasteiger partial charge is 0.444 e. The molecule has 2 heterocycles. The molecule has 0 aromatic carbocycles. The van der Waals surface area contributed by atoms with E-state index in [9.17, 15) is 4.79 Å². The summed E-state index contributed by atoms with van der Waals surface area (Å²) in [6, 6.07) is -0.234. The van der Waals surface area contributed by atoms with Gasteiger partial charge in [0.15, 0.2) is 8.32 Å². The van der Waals surface area contributed by atoms with Gasteiger partial charge in [0.25, 0.3) is 0 Å². The molecule has 0 aliphatic carbocycles. The van der Waals surface area contributed by atoms with E-state index >= 15 is 0 Å². The summed E-state index contributed by atoms with van der Waals surface area (Å²) in [5.41, 5.74) is 0.238. The molecule has 0 radical (unpaired) electrons. The highest BCUT2D eigenvalue weighted by molar-refractivity contribution is 9.10. The lowest BCUT2D eigenvalue weighted by molar-refractivity contribution is 0.0208. The molecule has 1 saturated heterocycles. The molecule has 158 valence electrons. The van der Waals surface area contributed by atoms with Crippen molar-refractivity contribution in [1.82, 2.24) is 9.88 Å². The van der Waals surface area contributed by atoms with Crippen LogP contribution in [0.15, 0.2) is 16.9 Å². The summed E-state index contributed by atoms with van der Waals surface area (Å²) in [4.78, 5) is 18.9. The molecular weight excluding hydrogens is 460 g/mol. The lowest BCUT2D eigenvalue weighted by Crippen LogP contribution is -2.45. The van der Waals surface area contributed by atoms with E-state index in [1.807, 2.05) is 20.8 Å². The fraction of sp³-hybridized carbons (Fsp3) is 0.700. The van der Waals surface area contributed by atoms with Gasteiger partial charge in [0.1, 0.15) is 5.60 Å². The highest BCUT2D eigenvalue weighted by Crippen LogP contribution is 2.43. The Bertz CT molecular complexity index is 731. The molecule has 1 aliphatic heterocycles. The fourth-order valence-electron chi connectivity index (χ4n) is 2.96. The zero-order valence-electron chi connectivity index (χ0n) is 18.1. The van der Waals surface area contributed by atoms with Crippen molar-refractivity contribution in [3.05, 3.63) is 27.5 Å². The zero-order chi connectivity index (χ0) is 21.5. The smallest absolute Gasteiger partial charge is 0.410 e. The third-order valence-electron chi connectivity index (χ3n) is 5.38. The van der Waals surface area contributed by atoms with Crippen LogP contribution in [0.2, 0.25) is 23.2 Å². The minimum Gasteiger partial charge on any atom is -0.444 e. The Morgan fingerprint density at radius 1 is 1.25 bits per heavy atom. The summed E-state index contributed by atoms with van der Waals surface area (Å²) in [7, 11) is -1.97. The van der Waals surface area contributed by atoms with Gasteiger partial charge in [-0.25, -0.2) is 4.79 Å². The molecule has 2 rings (SSSR count). The van der Waals surface area contributed by atoms with Crippen molar-refractivity contribution in [3.8, 4) is 0 Å². The average Bonchev–Trinajstić information content (AvgIpc) is 2.90. The Kier molecular flexibility index (Phi) is 6.96. The third kappa shape index (κ3) is 5.49. The maximum atomic E-state index is 12.9. The Hall–Kier alpha value is -0.633. The van der Waals surface area contributed by atoms with Crippen LogP contribution in [0, 0.1) is 0 Å². The molecule has 28 heavy (non-hydrogen) atoms. The predicted octanol–water partition coefficient (Wildman–Crippen LogP) is 6.57. The number of halogens is 2. The molecule has 0 spiro atoms. The van der Waals surface area contributed by atoms with Crippen LogP contribution in [0.5, 0.6) is 0 Å². The first-order valence-corrected chi connectivity index (χ1v) is 13.7. The van der Waals surface area contributed by atoms with Crippen molar-refractivity contribution < 1.29 is 14.0 Å². The average molecular weight is 492 g/mol. The van der Waals surface area contributed by atoms with Gasteiger partial charge in [-0.2, -0.15) is 0 Å². The van der Waals surface area contributed by atoms with Crippen LogP contribution in [0.3, 0.4) is 0 Å². The lowest BCUT2D eigenvalue weighted by atomic mass is 10.1. The molecule has 1 aromatic rings. The summed E-state index contributed by atoms with van der Waals surface area (Å²) in [6.07, 6.45) is 3.64. The van der Waals surface area contributed by atoms with E-state index in [-0.39, 0.29) is 23.3 Å². The number of pyridine rings is 1. The number of hydrogen-bond acceptors (Lipinski definition) is 4. The van der Waals surface area contributed by atoms with Gasteiger partial charge >= 0.3 is 6.09 Å². The fourth-order valence-corrected chi connectivity index (χ4v) is 4.89. The molecule has 1 aromatic heterocycles. The van der Waals surface area contributed by atoms with E-state index < -0.39 is 13.9 Å². The summed E-state index contributed by atoms with van der Waals surface area (Å²) in [6.45, 7) is 17.2. The minimum absolute atomic E-state index is 0.0616. The maximum absolute atomic E-state index is 12.9. The Balaban J connectivity index is 2.34. The van der Waals surface area contributed by atoms with Gasteiger partial charge in [0.05, 0.1) is 21.6 Å². The molecular formula is C20H32BrClN2O3Si. The van der Waals surface area contributed by atoms with Gasteiger partial charge in [-0.05, 0) is 61.3 Å². The van der Waals surface area contributed by atoms with Crippen LogP contribution in [0.25, 0.3) is 0 Å². The van der Waals surface area contributed by atoms with Gasteiger partial charge in [-0.15, -0.1) is 0 Å². The molecule has 1 fully saturated rings. The Morgan fingerprint density at radius 2 is 1.86 bits per heavy atom.